The average molecular weight is 301 g/mol. The van der Waals surface area contributed by atoms with E-state index in [1.54, 1.807) is 4.68 Å². The molecular formula is C14H25ClN4O. The van der Waals surface area contributed by atoms with Crippen molar-refractivity contribution in [2.45, 2.75) is 38.8 Å². The number of aromatic nitrogens is 2. The second kappa shape index (κ2) is 6.89. The van der Waals surface area contributed by atoms with Crippen molar-refractivity contribution in [2.75, 3.05) is 26.2 Å². The number of hydrogen-bond acceptors (Lipinski definition) is 4. The number of halogens is 1. The van der Waals surface area contributed by atoms with Gasteiger partial charge in [-0.1, -0.05) is 18.5 Å². The van der Waals surface area contributed by atoms with Crippen molar-refractivity contribution in [1.82, 2.24) is 14.7 Å². The zero-order valence-corrected chi connectivity index (χ0v) is 13.4. The second-order valence-corrected chi connectivity index (χ2v) is 5.91. The monoisotopic (exact) mass is 300 g/mol. The summed E-state index contributed by atoms with van der Waals surface area (Å²) in [6, 6.07) is -0.0462. The number of rotatable bonds is 5. The highest BCUT2D eigenvalue weighted by Gasteiger charge is 2.27. The van der Waals surface area contributed by atoms with Crippen molar-refractivity contribution in [3.05, 3.63) is 16.4 Å². The second-order valence-electron chi connectivity index (χ2n) is 5.56. The van der Waals surface area contributed by atoms with E-state index >= 15 is 0 Å². The van der Waals surface area contributed by atoms with Crippen LogP contribution in [0.4, 0.5) is 0 Å². The van der Waals surface area contributed by atoms with E-state index in [4.69, 9.17) is 22.1 Å². The smallest absolute Gasteiger partial charge is 0.130 e. The number of nitrogens with zero attached hydrogens (tertiary/aromatic N) is 3. The fraction of sp³-hybridized carbons (Fsp3) is 0.786. The van der Waals surface area contributed by atoms with Gasteiger partial charge in [0.2, 0.25) is 0 Å². The maximum absolute atomic E-state index is 6.34. The molecule has 114 valence electrons. The van der Waals surface area contributed by atoms with Crippen LogP contribution < -0.4 is 5.73 Å². The molecule has 2 N–H and O–H groups in total. The Morgan fingerprint density at radius 2 is 2.30 bits per heavy atom. The van der Waals surface area contributed by atoms with Gasteiger partial charge in [-0.25, -0.2) is 0 Å². The summed E-state index contributed by atoms with van der Waals surface area (Å²) in [5, 5.41) is 5.01. The summed E-state index contributed by atoms with van der Waals surface area (Å²) in [6.07, 6.45) is 1.95. The van der Waals surface area contributed by atoms with Gasteiger partial charge in [-0.05, 0) is 26.3 Å². The largest absolute Gasteiger partial charge is 0.374 e. The minimum atomic E-state index is -0.0462. The molecule has 1 saturated heterocycles. The molecule has 20 heavy (non-hydrogen) atoms. The van der Waals surface area contributed by atoms with Crippen molar-refractivity contribution < 1.29 is 4.74 Å². The van der Waals surface area contributed by atoms with E-state index in [2.05, 4.69) is 16.9 Å². The molecule has 0 radical (unpaired) electrons. The Labute approximate surface area is 126 Å². The molecule has 1 aliphatic rings. The quantitative estimate of drug-likeness (QED) is 0.892. The lowest BCUT2D eigenvalue weighted by Crippen LogP contribution is -2.51. The van der Waals surface area contributed by atoms with Gasteiger partial charge in [0.15, 0.2) is 0 Å². The van der Waals surface area contributed by atoms with E-state index in [9.17, 15) is 0 Å². The number of aryl methyl sites for hydroxylation is 2. The van der Waals surface area contributed by atoms with Gasteiger partial charge in [-0.2, -0.15) is 5.10 Å². The minimum absolute atomic E-state index is 0.0462. The lowest BCUT2D eigenvalue weighted by molar-refractivity contribution is -0.0400. The highest BCUT2D eigenvalue weighted by molar-refractivity contribution is 6.30. The summed E-state index contributed by atoms with van der Waals surface area (Å²) >= 11 is 6.27. The number of nitrogens with two attached hydrogens (primary N) is 1. The van der Waals surface area contributed by atoms with Crippen molar-refractivity contribution in [1.29, 1.82) is 0 Å². The third-order valence-electron chi connectivity index (χ3n) is 3.90. The van der Waals surface area contributed by atoms with E-state index in [0.29, 0.717) is 11.6 Å². The highest BCUT2D eigenvalue weighted by Crippen LogP contribution is 2.21. The Morgan fingerprint density at radius 3 is 2.90 bits per heavy atom. The molecular weight excluding hydrogens is 276 g/mol. The number of hydrogen-bond donors (Lipinski definition) is 1. The predicted octanol–water partition coefficient (Wildman–Crippen LogP) is 1.36. The first-order valence-electron chi connectivity index (χ1n) is 7.30. The summed E-state index contributed by atoms with van der Waals surface area (Å²) in [7, 11) is 1.85. The Bertz CT molecular complexity index is 447. The summed E-state index contributed by atoms with van der Waals surface area (Å²) in [6.45, 7) is 7.95. The van der Waals surface area contributed by atoms with Crippen molar-refractivity contribution in [3.63, 3.8) is 0 Å². The standard InChI is InChI=1S/C14H25ClN4O/c1-4-5-19-6-7-20-13(9-19)12(16)8-11-10(2)17-18(3)14(11)15/h12-13H,4-9,16H2,1-3H3. The van der Waals surface area contributed by atoms with Crippen LogP contribution in [0.2, 0.25) is 5.15 Å². The summed E-state index contributed by atoms with van der Waals surface area (Å²) < 4.78 is 7.54. The molecule has 1 fully saturated rings. The van der Waals surface area contributed by atoms with Gasteiger partial charge in [0.25, 0.3) is 0 Å². The van der Waals surface area contributed by atoms with E-state index in [0.717, 1.165) is 43.9 Å². The number of ether oxygens (including phenoxy) is 1. The van der Waals surface area contributed by atoms with Gasteiger partial charge in [0.1, 0.15) is 5.15 Å². The molecule has 2 rings (SSSR count). The highest BCUT2D eigenvalue weighted by atomic mass is 35.5. The first-order valence-corrected chi connectivity index (χ1v) is 7.68. The molecule has 5 nitrogen and oxygen atoms in total. The minimum Gasteiger partial charge on any atom is -0.374 e. The molecule has 2 atom stereocenters. The first kappa shape index (κ1) is 15.8. The molecule has 2 unspecified atom stereocenters. The van der Waals surface area contributed by atoms with Crippen LogP contribution in [0.3, 0.4) is 0 Å². The predicted molar refractivity (Wildman–Crippen MR) is 81.1 cm³/mol. The SMILES string of the molecule is CCCN1CCOC(C(N)Cc2c(C)nn(C)c2Cl)C1. The van der Waals surface area contributed by atoms with Crippen LogP contribution in [0, 0.1) is 6.92 Å². The molecule has 6 heteroatoms. The van der Waals surface area contributed by atoms with Crippen LogP contribution in [0.1, 0.15) is 24.6 Å². The molecule has 0 aromatic carbocycles. The molecule has 0 aliphatic carbocycles. The fourth-order valence-corrected chi connectivity index (χ4v) is 3.03. The van der Waals surface area contributed by atoms with E-state index in [1.165, 1.54) is 0 Å². The topological polar surface area (TPSA) is 56.3 Å². The summed E-state index contributed by atoms with van der Waals surface area (Å²) in [4.78, 5) is 2.42. The Kier molecular flexibility index (Phi) is 5.43. The summed E-state index contributed by atoms with van der Waals surface area (Å²) in [5.41, 5.74) is 8.33. The molecule has 1 aromatic heterocycles. The lowest BCUT2D eigenvalue weighted by Gasteiger charge is -2.35. The molecule has 0 saturated carbocycles. The van der Waals surface area contributed by atoms with E-state index < -0.39 is 0 Å². The van der Waals surface area contributed by atoms with Gasteiger partial charge >= 0.3 is 0 Å². The maximum atomic E-state index is 6.34. The maximum Gasteiger partial charge on any atom is 0.130 e. The van der Waals surface area contributed by atoms with Gasteiger partial charge in [-0.3, -0.25) is 9.58 Å². The normalized spacial score (nSPS) is 22.1. The van der Waals surface area contributed by atoms with Crippen LogP contribution in [0.15, 0.2) is 0 Å². The van der Waals surface area contributed by atoms with E-state index in [-0.39, 0.29) is 12.1 Å². The zero-order chi connectivity index (χ0) is 14.7. The van der Waals surface area contributed by atoms with Crippen molar-refractivity contribution in [2.24, 2.45) is 12.8 Å². The van der Waals surface area contributed by atoms with Gasteiger partial charge in [0.05, 0.1) is 18.4 Å². The molecule has 0 bridgehead atoms. The van der Waals surface area contributed by atoms with Crippen LogP contribution in [-0.2, 0) is 18.2 Å². The lowest BCUT2D eigenvalue weighted by atomic mass is 10.0. The van der Waals surface area contributed by atoms with Gasteiger partial charge < -0.3 is 10.5 Å². The van der Waals surface area contributed by atoms with E-state index in [1.807, 2.05) is 14.0 Å². The van der Waals surface area contributed by atoms with Crippen LogP contribution >= 0.6 is 11.6 Å². The Morgan fingerprint density at radius 1 is 1.55 bits per heavy atom. The van der Waals surface area contributed by atoms with Crippen LogP contribution in [0.25, 0.3) is 0 Å². The zero-order valence-electron chi connectivity index (χ0n) is 12.6. The van der Waals surface area contributed by atoms with Crippen molar-refractivity contribution in [3.8, 4) is 0 Å². The third kappa shape index (κ3) is 3.52. The Balaban J connectivity index is 1.98. The molecule has 0 amide bonds. The van der Waals surface area contributed by atoms with Crippen LogP contribution in [-0.4, -0.2) is 53.1 Å². The molecule has 1 aromatic rings. The Hall–Kier alpha value is -0.620. The number of morpholine rings is 1. The first-order chi connectivity index (χ1) is 9.52. The average Bonchev–Trinajstić information content (AvgIpc) is 2.66. The van der Waals surface area contributed by atoms with Crippen molar-refractivity contribution >= 4 is 11.6 Å². The van der Waals surface area contributed by atoms with Gasteiger partial charge in [0, 0.05) is 31.7 Å². The van der Waals surface area contributed by atoms with Gasteiger partial charge in [-0.15, -0.1) is 0 Å². The fourth-order valence-electron chi connectivity index (χ4n) is 2.78. The molecule has 2 heterocycles. The summed E-state index contributed by atoms with van der Waals surface area (Å²) in [5.74, 6) is 0. The molecule has 1 aliphatic heterocycles. The third-order valence-corrected chi connectivity index (χ3v) is 4.38. The molecule has 0 spiro atoms. The van der Waals surface area contributed by atoms with Crippen LogP contribution in [0.5, 0.6) is 0 Å².